The van der Waals surface area contributed by atoms with Crippen LogP contribution in [0.5, 0.6) is 0 Å². The second kappa shape index (κ2) is 4.88. The number of amides is 1. The summed E-state index contributed by atoms with van der Waals surface area (Å²) >= 11 is 0. The Labute approximate surface area is 119 Å². The fourth-order valence-electron chi connectivity index (χ4n) is 3.74. The molecule has 3 rings (SSSR count). The van der Waals surface area contributed by atoms with Crippen LogP contribution >= 0.6 is 0 Å². The monoisotopic (exact) mass is 277 g/mol. The molecule has 2 fully saturated rings. The van der Waals surface area contributed by atoms with Crippen LogP contribution in [0.4, 0.5) is 0 Å². The maximum absolute atomic E-state index is 12.5. The third-order valence-electron chi connectivity index (χ3n) is 5.14. The van der Waals surface area contributed by atoms with E-state index >= 15 is 0 Å². The SMILES string of the molecule is COC1CCC12CCN(C(=O)c1cc(C)nn1C)CC2. The number of carbonyl (C=O) groups is 1. The predicted octanol–water partition coefficient (Wildman–Crippen LogP) is 1.76. The lowest BCUT2D eigenvalue weighted by atomic mass is 9.61. The molecule has 1 saturated carbocycles. The summed E-state index contributed by atoms with van der Waals surface area (Å²) in [6.07, 6.45) is 4.95. The summed E-state index contributed by atoms with van der Waals surface area (Å²) in [7, 11) is 3.64. The quantitative estimate of drug-likeness (QED) is 0.827. The third-order valence-corrected chi connectivity index (χ3v) is 5.14. The number of nitrogens with zero attached hydrogens (tertiary/aromatic N) is 3. The van der Waals surface area contributed by atoms with E-state index in [2.05, 4.69) is 5.10 Å². The van der Waals surface area contributed by atoms with Crippen molar-refractivity contribution in [1.29, 1.82) is 0 Å². The molecule has 110 valence electrons. The van der Waals surface area contributed by atoms with Crippen molar-refractivity contribution in [3.8, 4) is 0 Å². The first-order valence-corrected chi connectivity index (χ1v) is 7.38. The molecule has 0 N–H and O–H groups in total. The van der Waals surface area contributed by atoms with Crippen molar-refractivity contribution in [2.24, 2.45) is 12.5 Å². The zero-order valence-corrected chi connectivity index (χ0v) is 12.6. The van der Waals surface area contributed by atoms with Crippen LogP contribution in [0, 0.1) is 12.3 Å². The molecular weight excluding hydrogens is 254 g/mol. The Morgan fingerprint density at radius 1 is 1.40 bits per heavy atom. The summed E-state index contributed by atoms with van der Waals surface area (Å²) in [5.41, 5.74) is 1.92. The van der Waals surface area contributed by atoms with Gasteiger partial charge < -0.3 is 9.64 Å². The summed E-state index contributed by atoms with van der Waals surface area (Å²) in [5, 5.41) is 4.26. The van der Waals surface area contributed by atoms with Crippen molar-refractivity contribution in [1.82, 2.24) is 14.7 Å². The minimum atomic E-state index is 0.108. The van der Waals surface area contributed by atoms with E-state index in [1.54, 1.807) is 4.68 Å². The molecule has 20 heavy (non-hydrogen) atoms. The zero-order valence-electron chi connectivity index (χ0n) is 12.6. The highest BCUT2D eigenvalue weighted by atomic mass is 16.5. The number of aryl methyl sites for hydroxylation is 2. The highest BCUT2D eigenvalue weighted by molar-refractivity contribution is 5.92. The Morgan fingerprint density at radius 2 is 2.10 bits per heavy atom. The Morgan fingerprint density at radius 3 is 2.55 bits per heavy atom. The Bertz CT molecular complexity index is 513. The Kier molecular flexibility index (Phi) is 3.32. The van der Waals surface area contributed by atoms with Gasteiger partial charge in [0.05, 0.1) is 11.8 Å². The Balaban J connectivity index is 1.66. The topological polar surface area (TPSA) is 47.4 Å². The number of hydrogen-bond acceptors (Lipinski definition) is 3. The van der Waals surface area contributed by atoms with Crippen molar-refractivity contribution < 1.29 is 9.53 Å². The predicted molar refractivity (Wildman–Crippen MR) is 75.5 cm³/mol. The van der Waals surface area contributed by atoms with Gasteiger partial charge in [0.1, 0.15) is 5.69 Å². The van der Waals surface area contributed by atoms with Gasteiger partial charge in [-0.25, -0.2) is 0 Å². The van der Waals surface area contributed by atoms with Gasteiger partial charge in [-0.15, -0.1) is 0 Å². The largest absolute Gasteiger partial charge is 0.381 e. The number of rotatable bonds is 2. The first-order chi connectivity index (χ1) is 9.55. The van der Waals surface area contributed by atoms with Crippen molar-refractivity contribution in [2.45, 2.75) is 38.7 Å². The van der Waals surface area contributed by atoms with Crippen molar-refractivity contribution >= 4 is 5.91 Å². The molecule has 0 aromatic carbocycles. The van der Waals surface area contributed by atoms with E-state index in [1.165, 1.54) is 12.8 Å². The number of aromatic nitrogens is 2. The standard InChI is InChI=1S/C15H23N3O2/c1-11-10-12(17(2)16-11)14(19)18-8-6-15(7-9-18)5-4-13(15)20-3/h10,13H,4-9H2,1-3H3. The molecule has 0 radical (unpaired) electrons. The maximum atomic E-state index is 12.5. The Hall–Kier alpha value is -1.36. The second-order valence-electron chi connectivity index (χ2n) is 6.21. The van der Waals surface area contributed by atoms with Gasteiger partial charge in [0, 0.05) is 32.7 Å². The smallest absolute Gasteiger partial charge is 0.272 e. The van der Waals surface area contributed by atoms with Crippen molar-refractivity contribution in [3.05, 3.63) is 17.5 Å². The van der Waals surface area contributed by atoms with Gasteiger partial charge in [0.15, 0.2) is 0 Å². The molecule has 1 aliphatic carbocycles. The first-order valence-electron chi connectivity index (χ1n) is 7.38. The van der Waals surface area contributed by atoms with Crippen LogP contribution in [0.25, 0.3) is 0 Å². The fraction of sp³-hybridized carbons (Fsp3) is 0.733. The van der Waals surface area contributed by atoms with Crippen LogP contribution in [0.15, 0.2) is 6.07 Å². The second-order valence-corrected chi connectivity index (χ2v) is 6.21. The number of hydrogen-bond donors (Lipinski definition) is 0. The van der Waals surface area contributed by atoms with E-state index in [0.717, 1.165) is 31.6 Å². The van der Waals surface area contributed by atoms with E-state index in [-0.39, 0.29) is 5.91 Å². The van der Waals surface area contributed by atoms with E-state index in [1.807, 2.05) is 32.0 Å². The molecule has 0 bridgehead atoms. The molecule has 1 atom stereocenters. The summed E-state index contributed by atoms with van der Waals surface area (Å²) in [4.78, 5) is 14.5. The number of methoxy groups -OCH3 is 1. The van der Waals surface area contributed by atoms with Crippen LogP contribution in [-0.2, 0) is 11.8 Å². The summed E-state index contributed by atoms with van der Waals surface area (Å²) in [6, 6.07) is 1.87. The summed E-state index contributed by atoms with van der Waals surface area (Å²) < 4.78 is 7.25. The number of carbonyl (C=O) groups excluding carboxylic acids is 1. The van der Waals surface area contributed by atoms with E-state index in [0.29, 0.717) is 17.2 Å². The van der Waals surface area contributed by atoms with E-state index in [9.17, 15) is 4.79 Å². The molecule has 1 amide bonds. The molecule has 1 spiro atoms. The molecule has 2 heterocycles. The molecule has 5 heteroatoms. The molecule has 1 aromatic heterocycles. The summed E-state index contributed by atoms with van der Waals surface area (Å²) in [6.45, 7) is 3.59. The lowest BCUT2D eigenvalue weighted by molar-refractivity contribution is -0.116. The van der Waals surface area contributed by atoms with Gasteiger partial charge in [-0.05, 0) is 38.7 Å². The van der Waals surface area contributed by atoms with Gasteiger partial charge >= 0.3 is 0 Å². The van der Waals surface area contributed by atoms with Crippen LogP contribution in [0.3, 0.4) is 0 Å². The molecule has 1 aliphatic heterocycles. The van der Waals surface area contributed by atoms with E-state index < -0.39 is 0 Å². The molecule has 1 aromatic rings. The average molecular weight is 277 g/mol. The lowest BCUT2D eigenvalue weighted by Gasteiger charge is -2.53. The van der Waals surface area contributed by atoms with Gasteiger partial charge in [0.25, 0.3) is 5.91 Å². The highest BCUT2D eigenvalue weighted by Gasteiger charge is 2.49. The lowest BCUT2D eigenvalue weighted by Crippen LogP contribution is -2.54. The number of ether oxygens (including phenoxy) is 1. The molecule has 5 nitrogen and oxygen atoms in total. The van der Waals surface area contributed by atoms with Gasteiger partial charge in [-0.2, -0.15) is 5.10 Å². The maximum Gasteiger partial charge on any atom is 0.272 e. The van der Waals surface area contributed by atoms with Crippen LogP contribution < -0.4 is 0 Å². The first kappa shape index (κ1) is 13.6. The van der Waals surface area contributed by atoms with Crippen LogP contribution in [0.1, 0.15) is 41.9 Å². The van der Waals surface area contributed by atoms with Crippen LogP contribution in [0.2, 0.25) is 0 Å². The molecular formula is C15H23N3O2. The van der Waals surface area contributed by atoms with Crippen molar-refractivity contribution in [2.75, 3.05) is 20.2 Å². The average Bonchev–Trinajstić information content (AvgIpc) is 2.76. The molecule has 1 saturated heterocycles. The van der Waals surface area contributed by atoms with Gasteiger partial charge in [0.2, 0.25) is 0 Å². The molecule has 1 unspecified atom stereocenters. The highest BCUT2D eigenvalue weighted by Crippen LogP contribution is 2.50. The van der Waals surface area contributed by atoms with E-state index in [4.69, 9.17) is 4.74 Å². The normalized spacial score (nSPS) is 24.8. The minimum absolute atomic E-state index is 0.108. The summed E-state index contributed by atoms with van der Waals surface area (Å²) in [5.74, 6) is 0.108. The van der Waals surface area contributed by atoms with Crippen LogP contribution in [-0.4, -0.2) is 46.9 Å². The number of likely N-dealkylation sites (tertiary alicyclic amines) is 1. The third kappa shape index (κ3) is 2.04. The zero-order chi connectivity index (χ0) is 14.3. The molecule has 2 aliphatic rings. The van der Waals surface area contributed by atoms with Gasteiger partial charge in [-0.3, -0.25) is 9.48 Å². The minimum Gasteiger partial charge on any atom is -0.381 e. The van der Waals surface area contributed by atoms with Crippen molar-refractivity contribution in [3.63, 3.8) is 0 Å². The van der Waals surface area contributed by atoms with Gasteiger partial charge in [-0.1, -0.05) is 0 Å². The fourth-order valence-corrected chi connectivity index (χ4v) is 3.74. The number of piperidine rings is 1.